The molecule has 0 saturated carbocycles. The van der Waals surface area contributed by atoms with Gasteiger partial charge in [-0.25, -0.2) is 4.98 Å². The molecule has 0 aromatic carbocycles. The Morgan fingerprint density at radius 2 is 1.73 bits per heavy atom. The van der Waals surface area contributed by atoms with Crippen molar-refractivity contribution in [3.63, 3.8) is 0 Å². The first-order chi connectivity index (χ1) is 10.5. The van der Waals surface area contributed by atoms with Crippen molar-refractivity contribution in [2.45, 2.75) is 13.8 Å². The Morgan fingerprint density at radius 1 is 1.05 bits per heavy atom. The van der Waals surface area contributed by atoms with Crippen LogP contribution in [0, 0.1) is 13.8 Å². The third-order valence-corrected chi connectivity index (χ3v) is 4.32. The van der Waals surface area contributed by atoms with Gasteiger partial charge in [-0.05, 0) is 20.9 Å². The van der Waals surface area contributed by atoms with Gasteiger partial charge in [0.05, 0.1) is 11.4 Å². The molecule has 0 atom stereocenters. The molecular weight excluding hydrogens is 278 g/mol. The largest absolute Gasteiger partial charge is 0.368 e. The summed E-state index contributed by atoms with van der Waals surface area (Å²) in [5.41, 5.74) is 9.89. The number of nitrogens with two attached hydrogens (primary N) is 1. The summed E-state index contributed by atoms with van der Waals surface area (Å²) in [7, 11) is 4.08. The molecule has 22 heavy (non-hydrogen) atoms. The van der Waals surface area contributed by atoms with E-state index >= 15 is 0 Å². The van der Waals surface area contributed by atoms with Gasteiger partial charge in [-0.15, -0.1) is 0 Å². The number of aromatic nitrogens is 4. The molecular formula is C15H23N7. The van der Waals surface area contributed by atoms with E-state index in [1.165, 1.54) is 0 Å². The van der Waals surface area contributed by atoms with Crippen molar-refractivity contribution < 1.29 is 0 Å². The van der Waals surface area contributed by atoms with E-state index in [1.54, 1.807) is 0 Å². The summed E-state index contributed by atoms with van der Waals surface area (Å²) in [6.45, 7) is 8.02. The number of nitrogens with zero attached hydrogens (tertiary/aromatic N) is 6. The summed E-state index contributed by atoms with van der Waals surface area (Å²) in [5.74, 6) is 1.22. The van der Waals surface area contributed by atoms with Crippen molar-refractivity contribution in [2.24, 2.45) is 7.05 Å². The molecule has 1 fully saturated rings. The number of hydrogen-bond acceptors (Lipinski definition) is 6. The molecule has 0 radical (unpaired) electrons. The van der Waals surface area contributed by atoms with Crippen LogP contribution in [0.1, 0.15) is 11.4 Å². The van der Waals surface area contributed by atoms with Gasteiger partial charge in [0, 0.05) is 50.6 Å². The lowest BCUT2D eigenvalue weighted by molar-refractivity contribution is 0.312. The molecule has 0 aliphatic carbocycles. The van der Waals surface area contributed by atoms with Crippen molar-refractivity contribution >= 4 is 11.8 Å². The molecule has 3 heterocycles. The average Bonchev–Trinajstić information content (AvgIpc) is 2.72. The number of likely N-dealkylation sites (N-methyl/N-ethyl adjacent to an activating group) is 1. The molecule has 1 aliphatic rings. The van der Waals surface area contributed by atoms with Gasteiger partial charge in [-0.3, -0.25) is 4.68 Å². The van der Waals surface area contributed by atoms with E-state index in [-0.39, 0.29) is 0 Å². The van der Waals surface area contributed by atoms with E-state index in [0.717, 1.165) is 54.6 Å². The van der Waals surface area contributed by atoms with Crippen LogP contribution in [0.2, 0.25) is 0 Å². The summed E-state index contributed by atoms with van der Waals surface area (Å²) in [6.07, 6.45) is 0. The Balaban J connectivity index is 2.00. The number of aryl methyl sites for hydroxylation is 2. The highest BCUT2D eigenvalue weighted by molar-refractivity contribution is 5.68. The Hall–Kier alpha value is -2.15. The van der Waals surface area contributed by atoms with Gasteiger partial charge < -0.3 is 15.5 Å². The fourth-order valence-corrected chi connectivity index (χ4v) is 2.92. The quantitative estimate of drug-likeness (QED) is 0.885. The minimum atomic E-state index is 0.314. The maximum atomic E-state index is 5.95. The average molecular weight is 301 g/mol. The Morgan fingerprint density at radius 3 is 2.32 bits per heavy atom. The van der Waals surface area contributed by atoms with Crippen molar-refractivity contribution in [1.29, 1.82) is 0 Å². The Bertz CT molecular complexity index is 683. The lowest BCUT2D eigenvalue weighted by Crippen LogP contribution is -2.44. The summed E-state index contributed by atoms with van der Waals surface area (Å²) in [4.78, 5) is 13.4. The van der Waals surface area contributed by atoms with Crippen LogP contribution in [0.25, 0.3) is 11.3 Å². The van der Waals surface area contributed by atoms with Crippen LogP contribution >= 0.6 is 0 Å². The predicted octanol–water partition coefficient (Wildman–Crippen LogP) is 0.828. The number of nitrogen functional groups attached to an aromatic ring is 1. The summed E-state index contributed by atoms with van der Waals surface area (Å²) in [5, 5.41) is 4.46. The van der Waals surface area contributed by atoms with E-state index in [4.69, 9.17) is 5.73 Å². The molecule has 0 bridgehead atoms. The van der Waals surface area contributed by atoms with E-state index in [1.807, 2.05) is 31.6 Å². The van der Waals surface area contributed by atoms with Crippen LogP contribution in [0.15, 0.2) is 6.07 Å². The monoisotopic (exact) mass is 301 g/mol. The first-order valence-corrected chi connectivity index (χ1v) is 7.54. The van der Waals surface area contributed by atoms with E-state index in [0.29, 0.717) is 5.95 Å². The fourth-order valence-electron chi connectivity index (χ4n) is 2.92. The van der Waals surface area contributed by atoms with Gasteiger partial charge in [-0.2, -0.15) is 10.1 Å². The Labute approximate surface area is 130 Å². The normalized spacial score (nSPS) is 16.3. The Kier molecular flexibility index (Phi) is 3.74. The molecule has 0 unspecified atom stereocenters. The van der Waals surface area contributed by atoms with Gasteiger partial charge in [0.1, 0.15) is 5.82 Å². The number of anilines is 2. The van der Waals surface area contributed by atoms with Crippen molar-refractivity contribution in [3.8, 4) is 11.3 Å². The van der Waals surface area contributed by atoms with E-state index < -0.39 is 0 Å². The van der Waals surface area contributed by atoms with Crippen LogP contribution in [0.3, 0.4) is 0 Å². The molecule has 1 aliphatic heterocycles. The maximum Gasteiger partial charge on any atom is 0.222 e. The lowest BCUT2D eigenvalue weighted by Gasteiger charge is -2.33. The van der Waals surface area contributed by atoms with Crippen molar-refractivity contribution in [1.82, 2.24) is 24.6 Å². The molecule has 7 heteroatoms. The fraction of sp³-hybridized carbons (Fsp3) is 0.533. The first-order valence-electron chi connectivity index (χ1n) is 7.54. The van der Waals surface area contributed by atoms with Crippen LogP contribution in [0.5, 0.6) is 0 Å². The highest BCUT2D eigenvalue weighted by Gasteiger charge is 2.19. The summed E-state index contributed by atoms with van der Waals surface area (Å²) < 4.78 is 1.87. The van der Waals surface area contributed by atoms with Gasteiger partial charge in [0.25, 0.3) is 0 Å². The molecule has 2 aromatic rings. The molecule has 3 rings (SSSR count). The molecule has 0 spiro atoms. The summed E-state index contributed by atoms with van der Waals surface area (Å²) in [6, 6.07) is 2.03. The second-order valence-corrected chi connectivity index (χ2v) is 5.93. The highest BCUT2D eigenvalue weighted by atomic mass is 15.3. The van der Waals surface area contributed by atoms with Gasteiger partial charge in [-0.1, -0.05) is 0 Å². The molecule has 0 amide bonds. The van der Waals surface area contributed by atoms with Crippen LogP contribution in [0.4, 0.5) is 11.8 Å². The van der Waals surface area contributed by atoms with Crippen LogP contribution < -0.4 is 10.6 Å². The number of rotatable bonds is 2. The van der Waals surface area contributed by atoms with Crippen molar-refractivity contribution in [3.05, 3.63) is 17.5 Å². The first kappa shape index (κ1) is 14.8. The van der Waals surface area contributed by atoms with Gasteiger partial charge in [0.2, 0.25) is 5.95 Å². The zero-order valence-electron chi connectivity index (χ0n) is 13.7. The number of piperazine rings is 1. The summed E-state index contributed by atoms with van der Waals surface area (Å²) >= 11 is 0. The third-order valence-electron chi connectivity index (χ3n) is 4.32. The maximum absolute atomic E-state index is 5.95. The second-order valence-electron chi connectivity index (χ2n) is 5.93. The highest BCUT2D eigenvalue weighted by Crippen LogP contribution is 2.28. The SMILES string of the molecule is Cc1nn(C)c(C)c1-c1cc(N2CCN(C)CC2)nc(N)n1. The van der Waals surface area contributed by atoms with E-state index in [2.05, 4.69) is 31.9 Å². The lowest BCUT2D eigenvalue weighted by atomic mass is 10.1. The molecule has 118 valence electrons. The molecule has 7 nitrogen and oxygen atoms in total. The zero-order chi connectivity index (χ0) is 15.9. The molecule has 2 N–H and O–H groups in total. The van der Waals surface area contributed by atoms with Gasteiger partial charge in [0.15, 0.2) is 0 Å². The number of hydrogen-bond donors (Lipinski definition) is 1. The standard InChI is InChI=1S/C15H23N7/c1-10-14(11(2)21(4)19-10)12-9-13(18-15(16)17-12)22-7-5-20(3)6-8-22/h9H,5-8H2,1-4H3,(H2,16,17,18). The predicted molar refractivity (Wildman–Crippen MR) is 87.8 cm³/mol. The smallest absolute Gasteiger partial charge is 0.222 e. The zero-order valence-corrected chi connectivity index (χ0v) is 13.7. The van der Waals surface area contributed by atoms with Crippen LogP contribution in [-0.2, 0) is 7.05 Å². The van der Waals surface area contributed by atoms with E-state index in [9.17, 15) is 0 Å². The molecule has 1 saturated heterocycles. The second kappa shape index (κ2) is 5.57. The van der Waals surface area contributed by atoms with Crippen molar-refractivity contribution in [2.75, 3.05) is 43.9 Å². The third kappa shape index (κ3) is 2.64. The minimum Gasteiger partial charge on any atom is -0.368 e. The minimum absolute atomic E-state index is 0.314. The van der Waals surface area contributed by atoms with Crippen LogP contribution in [-0.4, -0.2) is 57.9 Å². The topological polar surface area (TPSA) is 76.1 Å². The molecule has 2 aromatic heterocycles. The van der Waals surface area contributed by atoms with Gasteiger partial charge >= 0.3 is 0 Å².